The molecule has 0 spiro atoms. The minimum absolute atomic E-state index is 0.145. The Labute approximate surface area is 133 Å². The van der Waals surface area contributed by atoms with Gasteiger partial charge in [-0.2, -0.15) is 0 Å². The van der Waals surface area contributed by atoms with Crippen molar-refractivity contribution < 1.29 is 4.79 Å². The lowest BCUT2D eigenvalue weighted by atomic mass is 9.89. The molecule has 2 aliphatic rings. The van der Waals surface area contributed by atoms with E-state index in [2.05, 4.69) is 28.2 Å². The first kappa shape index (κ1) is 15.3. The van der Waals surface area contributed by atoms with Crippen molar-refractivity contribution in [3.8, 4) is 0 Å². The van der Waals surface area contributed by atoms with Crippen LogP contribution in [0.1, 0.15) is 51.9 Å². The van der Waals surface area contributed by atoms with E-state index in [0.717, 1.165) is 31.8 Å². The number of nitrogens with one attached hydrogen (secondary N) is 1. The molecule has 120 valence electrons. The van der Waals surface area contributed by atoms with Gasteiger partial charge in [-0.05, 0) is 43.7 Å². The molecule has 2 heterocycles. The van der Waals surface area contributed by atoms with Crippen molar-refractivity contribution in [2.75, 3.05) is 23.3 Å². The van der Waals surface area contributed by atoms with Gasteiger partial charge in [0.2, 0.25) is 5.91 Å². The highest BCUT2D eigenvalue weighted by molar-refractivity contribution is 5.91. The van der Waals surface area contributed by atoms with Gasteiger partial charge in [0.05, 0.1) is 11.9 Å². The molecule has 3 rings (SSSR count). The summed E-state index contributed by atoms with van der Waals surface area (Å²) >= 11 is 0. The fourth-order valence-electron chi connectivity index (χ4n) is 3.66. The second-order valence-corrected chi connectivity index (χ2v) is 6.92. The third-order valence-corrected chi connectivity index (χ3v) is 5.00. The average Bonchev–Trinajstić information content (AvgIpc) is 2.56. The third-order valence-electron chi connectivity index (χ3n) is 5.00. The summed E-state index contributed by atoms with van der Waals surface area (Å²) in [5, 5.41) is 2.98. The molecule has 1 aliphatic heterocycles. The Balaban J connectivity index is 1.58. The van der Waals surface area contributed by atoms with Crippen LogP contribution >= 0.6 is 0 Å². The summed E-state index contributed by atoms with van der Waals surface area (Å²) in [5.41, 5.74) is 1.17. The largest absolute Gasteiger partial charge is 0.370 e. The molecular formula is C18H27N3O. The fraction of sp³-hybridized carbons (Fsp3) is 0.667. The number of hydrogen-bond donors (Lipinski definition) is 1. The summed E-state index contributed by atoms with van der Waals surface area (Å²) in [6, 6.07) is 4.02. The summed E-state index contributed by atoms with van der Waals surface area (Å²) in [7, 11) is 0. The van der Waals surface area contributed by atoms with Crippen molar-refractivity contribution in [3.05, 3.63) is 18.3 Å². The zero-order valence-corrected chi connectivity index (χ0v) is 13.6. The highest BCUT2D eigenvalue weighted by Gasteiger charge is 2.21. The molecule has 1 amide bonds. The van der Waals surface area contributed by atoms with E-state index in [-0.39, 0.29) is 11.8 Å². The molecule has 1 unspecified atom stereocenters. The minimum Gasteiger partial charge on any atom is -0.370 e. The van der Waals surface area contributed by atoms with E-state index >= 15 is 0 Å². The maximum Gasteiger partial charge on any atom is 0.228 e. The number of nitrogens with zero attached hydrogens (tertiary/aromatic N) is 2. The lowest BCUT2D eigenvalue weighted by Crippen LogP contribution is -2.34. The van der Waals surface area contributed by atoms with Crippen LogP contribution in [0.2, 0.25) is 0 Å². The van der Waals surface area contributed by atoms with Crippen LogP contribution in [0, 0.1) is 11.8 Å². The zero-order valence-electron chi connectivity index (χ0n) is 13.6. The molecule has 0 bridgehead atoms. The van der Waals surface area contributed by atoms with Gasteiger partial charge in [-0.1, -0.05) is 26.2 Å². The van der Waals surface area contributed by atoms with Crippen molar-refractivity contribution in [2.45, 2.75) is 51.9 Å². The van der Waals surface area contributed by atoms with E-state index < -0.39 is 0 Å². The number of amides is 1. The zero-order chi connectivity index (χ0) is 15.4. The normalized spacial score (nSPS) is 23.3. The van der Waals surface area contributed by atoms with Crippen LogP contribution in [0.25, 0.3) is 0 Å². The fourth-order valence-corrected chi connectivity index (χ4v) is 3.66. The smallest absolute Gasteiger partial charge is 0.228 e. The minimum atomic E-state index is 0.145. The number of carbonyl (C=O) groups is 1. The van der Waals surface area contributed by atoms with Crippen molar-refractivity contribution >= 4 is 17.4 Å². The van der Waals surface area contributed by atoms with E-state index in [0.29, 0.717) is 5.82 Å². The van der Waals surface area contributed by atoms with Gasteiger partial charge in [0.15, 0.2) is 0 Å². The predicted octanol–water partition coefficient (Wildman–Crippen LogP) is 3.84. The van der Waals surface area contributed by atoms with Crippen LogP contribution < -0.4 is 10.2 Å². The van der Waals surface area contributed by atoms with Crippen molar-refractivity contribution in [1.29, 1.82) is 0 Å². The maximum atomic E-state index is 12.2. The molecule has 4 nitrogen and oxygen atoms in total. The van der Waals surface area contributed by atoms with Gasteiger partial charge in [-0.15, -0.1) is 0 Å². The first-order valence-electron chi connectivity index (χ1n) is 8.74. The number of aromatic nitrogens is 1. The van der Waals surface area contributed by atoms with E-state index in [1.165, 1.54) is 37.8 Å². The quantitative estimate of drug-likeness (QED) is 0.922. The summed E-state index contributed by atoms with van der Waals surface area (Å²) in [6.45, 7) is 4.52. The first-order valence-corrected chi connectivity index (χ1v) is 8.74. The second-order valence-electron chi connectivity index (χ2n) is 6.92. The van der Waals surface area contributed by atoms with Crippen LogP contribution in [0.4, 0.5) is 11.5 Å². The number of piperidine rings is 1. The molecule has 4 heteroatoms. The van der Waals surface area contributed by atoms with Gasteiger partial charge in [-0.25, -0.2) is 4.98 Å². The van der Waals surface area contributed by atoms with E-state index in [1.807, 2.05) is 12.3 Å². The van der Waals surface area contributed by atoms with E-state index in [1.54, 1.807) is 0 Å². The maximum absolute atomic E-state index is 12.2. The number of rotatable bonds is 3. The highest BCUT2D eigenvalue weighted by atomic mass is 16.1. The topological polar surface area (TPSA) is 45.2 Å². The number of hydrogen-bond acceptors (Lipinski definition) is 3. The van der Waals surface area contributed by atoms with Crippen LogP contribution in [-0.4, -0.2) is 24.0 Å². The Kier molecular flexibility index (Phi) is 4.96. The number of anilines is 2. The number of carbonyl (C=O) groups excluding carboxylic acids is 1. The van der Waals surface area contributed by atoms with Gasteiger partial charge >= 0.3 is 0 Å². The van der Waals surface area contributed by atoms with Crippen molar-refractivity contribution in [2.24, 2.45) is 11.8 Å². The Morgan fingerprint density at radius 3 is 2.68 bits per heavy atom. The van der Waals surface area contributed by atoms with Gasteiger partial charge in [-0.3, -0.25) is 4.79 Å². The molecular weight excluding hydrogens is 274 g/mol. The third kappa shape index (κ3) is 3.79. The lowest BCUT2D eigenvalue weighted by molar-refractivity contribution is -0.120. The molecule has 1 saturated carbocycles. The van der Waals surface area contributed by atoms with E-state index in [9.17, 15) is 4.79 Å². The summed E-state index contributed by atoms with van der Waals surface area (Å²) in [6.07, 6.45) is 10.1. The second kappa shape index (κ2) is 7.12. The highest BCUT2D eigenvalue weighted by Crippen LogP contribution is 2.26. The first-order chi connectivity index (χ1) is 10.7. The molecule has 0 aromatic carbocycles. The van der Waals surface area contributed by atoms with Gasteiger partial charge in [0.25, 0.3) is 0 Å². The monoisotopic (exact) mass is 301 g/mol. The van der Waals surface area contributed by atoms with Gasteiger partial charge in [0.1, 0.15) is 5.82 Å². The lowest BCUT2D eigenvalue weighted by Gasteiger charge is -2.32. The van der Waals surface area contributed by atoms with Crippen molar-refractivity contribution in [3.63, 3.8) is 0 Å². The summed E-state index contributed by atoms with van der Waals surface area (Å²) < 4.78 is 0. The summed E-state index contributed by atoms with van der Waals surface area (Å²) in [4.78, 5) is 19.1. The van der Waals surface area contributed by atoms with Crippen LogP contribution in [0.5, 0.6) is 0 Å². The Morgan fingerprint density at radius 1 is 1.18 bits per heavy atom. The molecule has 1 aromatic rings. The van der Waals surface area contributed by atoms with Crippen molar-refractivity contribution in [1.82, 2.24) is 4.98 Å². The van der Waals surface area contributed by atoms with Crippen LogP contribution in [0.15, 0.2) is 18.3 Å². The standard InChI is InChI=1S/C18H27N3O/c1-14-6-5-11-21(13-14)16-9-10-17(19-12-16)20-18(22)15-7-3-2-4-8-15/h9-10,12,14-15H,2-8,11,13H2,1H3,(H,19,20,22). The molecule has 1 aromatic heterocycles. The molecule has 1 aliphatic carbocycles. The average molecular weight is 301 g/mol. The van der Waals surface area contributed by atoms with E-state index in [4.69, 9.17) is 0 Å². The summed E-state index contributed by atoms with van der Waals surface area (Å²) in [5.74, 6) is 1.76. The predicted molar refractivity (Wildman–Crippen MR) is 90.1 cm³/mol. The molecule has 2 fully saturated rings. The molecule has 22 heavy (non-hydrogen) atoms. The Morgan fingerprint density at radius 2 is 2.00 bits per heavy atom. The Bertz CT molecular complexity index is 494. The molecule has 0 radical (unpaired) electrons. The molecule has 1 saturated heterocycles. The Hall–Kier alpha value is -1.58. The van der Waals surface area contributed by atoms with Crippen LogP contribution in [0.3, 0.4) is 0 Å². The van der Waals surface area contributed by atoms with Crippen LogP contribution in [-0.2, 0) is 4.79 Å². The van der Waals surface area contributed by atoms with Gasteiger partial charge in [0, 0.05) is 19.0 Å². The molecule has 1 atom stereocenters. The van der Waals surface area contributed by atoms with Gasteiger partial charge < -0.3 is 10.2 Å². The SMILES string of the molecule is CC1CCCN(c2ccc(NC(=O)C3CCCCC3)nc2)C1. The molecule has 1 N–H and O–H groups in total. The number of pyridine rings is 1.